The summed E-state index contributed by atoms with van der Waals surface area (Å²) in [5, 5.41) is 0. The largest absolute Gasteiger partial charge is 0.402 e. The SMILES string of the molecule is Cc1c(Br)ccc(N(C)[Si])c1C. The van der Waals surface area contributed by atoms with Crippen molar-refractivity contribution in [3.8, 4) is 0 Å². The molecule has 3 heteroatoms. The molecule has 1 nitrogen and oxygen atoms in total. The standard InChI is InChI=1S/C9H11BrNSi/c1-6-7(2)9(11(3)12)5-4-8(6)10/h4-5H,1-3H3. The Labute approximate surface area is 85.4 Å². The minimum Gasteiger partial charge on any atom is -0.402 e. The fourth-order valence-electron chi connectivity index (χ4n) is 1.14. The zero-order valence-electron chi connectivity index (χ0n) is 7.48. The summed E-state index contributed by atoms with van der Waals surface area (Å²) in [5.41, 5.74) is 3.78. The third-order valence-electron chi connectivity index (χ3n) is 2.05. The molecular formula is C9H11BrNSi. The van der Waals surface area contributed by atoms with E-state index < -0.39 is 0 Å². The van der Waals surface area contributed by atoms with Crippen molar-refractivity contribution in [1.29, 1.82) is 0 Å². The molecule has 0 N–H and O–H groups in total. The molecule has 12 heavy (non-hydrogen) atoms. The number of anilines is 1. The van der Waals surface area contributed by atoms with Crippen LogP contribution in [0, 0.1) is 13.8 Å². The summed E-state index contributed by atoms with van der Waals surface area (Å²) in [7, 11) is 5.44. The smallest absolute Gasteiger partial charge is 0.188 e. The van der Waals surface area contributed by atoms with E-state index in [0.29, 0.717) is 0 Å². The van der Waals surface area contributed by atoms with Gasteiger partial charge in [0.25, 0.3) is 0 Å². The summed E-state index contributed by atoms with van der Waals surface area (Å²) in [6.07, 6.45) is 0. The topological polar surface area (TPSA) is 3.24 Å². The highest BCUT2D eigenvalue weighted by atomic mass is 79.9. The zero-order chi connectivity index (χ0) is 9.30. The van der Waals surface area contributed by atoms with E-state index in [4.69, 9.17) is 0 Å². The number of hydrogen-bond acceptors (Lipinski definition) is 1. The summed E-state index contributed by atoms with van der Waals surface area (Å²) in [6.45, 7) is 4.23. The average Bonchev–Trinajstić information content (AvgIpc) is 2.00. The second-order valence-electron chi connectivity index (χ2n) is 2.88. The van der Waals surface area contributed by atoms with Crippen LogP contribution < -0.4 is 4.57 Å². The van der Waals surface area contributed by atoms with Gasteiger partial charge in [-0.05, 0) is 44.2 Å². The third-order valence-corrected chi connectivity index (χ3v) is 3.15. The van der Waals surface area contributed by atoms with Crippen molar-refractivity contribution in [3.63, 3.8) is 0 Å². The van der Waals surface area contributed by atoms with Crippen molar-refractivity contribution in [2.45, 2.75) is 13.8 Å². The van der Waals surface area contributed by atoms with Gasteiger partial charge in [-0.2, -0.15) is 0 Å². The van der Waals surface area contributed by atoms with Gasteiger partial charge in [-0.1, -0.05) is 15.9 Å². The second-order valence-corrected chi connectivity index (χ2v) is 4.40. The fourth-order valence-corrected chi connectivity index (χ4v) is 1.81. The lowest BCUT2D eigenvalue weighted by atomic mass is 10.1. The van der Waals surface area contributed by atoms with Crippen LogP contribution in [-0.2, 0) is 0 Å². The van der Waals surface area contributed by atoms with Crippen LogP contribution in [0.3, 0.4) is 0 Å². The Morgan fingerprint density at radius 1 is 1.25 bits per heavy atom. The summed E-state index contributed by atoms with van der Waals surface area (Å²) >= 11 is 3.49. The van der Waals surface area contributed by atoms with Gasteiger partial charge in [-0.25, -0.2) is 0 Å². The number of hydrogen-bond donors (Lipinski definition) is 0. The predicted molar refractivity (Wildman–Crippen MR) is 57.8 cm³/mol. The van der Waals surface area contributed by atoms with Crippen LogP contribution in [0.5, 0.6) is 0 Å². The van der Waals surface area contributed by atoms with Gasteiger partial charge < -0.3 is 4.57 Å². The summed E-state index contributed by atoms with van der Waals surface area (Å²) in [4.78, 5) is 0. The molecular weight excluding hydrogens is 230 g/mol. The lowest BCUT2D eigenvalue weighted by Crippen LogP contribution is -2.13. The van der Waals surface area contributed by atoms with Crippen molar-refractivity contribution < 1.29 is 0 Å². The molecule has 0 unspecified atom stereocenters. The summed E-state index contributed by atoms with van der Waals surface area (Å²) in [6, 6.07) is 4.15. The molecule has 0 aromatic heterocycles. The van der Waals surface area contributed by atoms with E-state index in [9.17, 15) is 0 Å². The highest BCUT2D eigenvalue weighted by Crippen LogP contribution is 2.26. The van der Waals surface area contributed by atoms with Crippen molar-refractivity contribution in [3.05, 3.63) is 27.7 Å². The van der Waals surface area contributed by atoms with Gasteiger partial charge in [0.15, 0.2) is 10.4 Å². The minimum atomic E-state index is 1.16. The van der Waals surface area contributed by atoms with Crippen LogP contribution in [0.1, 0.15) is 11.1 Å². The van der Waals surface area contributed by atoms with Gasteiger partial charge in [-0.15, -0.1) is 0 Å². The molecule has 0 fully saturated rings. The van der Waals surface area contributed by atoms with E-state index in [2.05, 4.69) is 52.3 Å². The van der Waals surface area contributed by atoms with Gasteiger partial charge in [-0.3, -0.25) is 0 Å². The Bertz CT molecular complexity index is 297. The summed E-state index contributed by atoms with van der Waals surface area (Å²) in [5.74, 6) is 0. The van der Waals surface area contributed by atoms with Crippen LogP contribution in [0.4, 0.5) is 5.69 Å². The molecule has 0 heterocycles. The first kappa shape index (κ1) is 9.80. The lowest BCUT2D eigenvalue weighted by Gasteiger charge is -2.17. The Hall–Kier alpha value is -0.283. The molecule has 0 aliphatic heterocycles. The van der Waals surface area contributed by atoms with Crippen LogP contribution >= 0.6 is 15.9 Å². The van der Waals surface area contributed by atoms with E-state index in [-0.39, 0.29) is 0 Å². The fraction of sp³-hybridized carbons (Fsp3) is 0.333. The lowest BCUT2D eigenvalue weighted by molar-refractivity contribution is 1.24. The summed E-state index contributed by atoms with van der Waals surface area (Å²) < 4.78 is 3.10. The zero-order valence-corrected chi connectivity index (χ0v) is 10.1. The molecule has 0 bridgehead atoms. The molecule has 0 atom stereocenters. The highest BCUT2D eigenvalue weighted by molar-refractivity contribution is 9.10. The first-order valence-electron chi connectivity index (χ1n) is 3.74. The predicted octanol–water partition coefficient (Wildman–Crippen LogP) is 2.59. The maximum Gasteiger partial charge on any atom is 0.188 e. The van der Waals surface area contributed by atoms with E-state index >= 15 is 0 Å². The van der Waals surface area contributed by atoms with Gasteiger partial charge in [0.2, 0.25) is 0 Å². The van der Waals surface area contributed by atoms with Gasteiger partial charge in [0.1, 0.15) is 0 Å². The third kappa shape index (κ3) is 1.72. The number of benzene rings is 1. The highest BCUT2D eigenvalue weighted by Gasteiger charge is 2.04. The number of rotatable bonds is 1. The Balaban J connectivity index is 3.27. The molecule has 0 aliphatic rings. The Morgan fingerprint density at radius 2 is 1.83 bits per heavy atom. The number of halogens is 1. The average molecular weight is 241 g/mol. The first-order chi connectivity index (χ1) is 5.54. The number of nitrogens with zero attached hydrogens (tertiary/aromatic N) is 1. The van der Waals surface area contributed by atoms with Crippen LogP contribution in [0.2, 0.25) is 0 Å². The van der Waals surface area contributed by atoms with E-state index in [1.165, 1.54) is 16.8 Å². The molecule has 0 aliphatic carbocycles. The molecule has 1 aromatic rings. The van der Waals surface area contributed by atoms with Crippen molar-refractivity contribution >= 4 is 32.0 Å². The molecule has 63 valence electrons. The monoisotopic (exact) mass is 240 g/mol. The van der Waals surface area contributed by atoms with E-state index in [1.807, 2.05) is 11.6 Å². The van der Waals surface area contributed by atoms with Crippen LogP contribution in [0.25, 0.3) is 0 Å². The molecule has 0 spiro atoms. The van der Waals surface area contributed by atoms with Gasteiger partial charge in [0.05, 0.1) is 0 Å². The maximum absolute atomic E-state index is 3.49. The van der Waals surface area contributed by atoms with Crippen molar-refractivity contribution in [2.75, 3.05) is 11.6 Å². The molecule has 3 radical (unpaired) electrons. The molecule has 1 aromatic carbocycles. The first-order valence-corrected chi connectivity index (χ1v) is 4.98. The van der Waals surface area contributed by atoms with E-state index in [0.717, 1.165) is 4.47 Å². The Kier molecular flexibility index (Phi) is 2.96. The normalized spacial score (nSPS) is 10.1. The molecule has 0 amide bonds. The van der Waals surface area contributed by atoms with Crippen LogP contribution in [-0.4, -0.2) is 17.5 Å². The van der Waals surface area contributed by atoms with Crippen LogP contribution in [0.15, 0.2) is 16.6 Å². The Morgan fingerprint density at radius 3 is 2.33 bits per heavy atom. The van der Waals surface area contributed by atoms with Crippen molar-refractivity contribution in [1.82, 2.24) is 0 Å². The van der Waals surface area contributed by atoms with E-state index in [1.54, 1.807) is 0 Å². The molecule has 0 saturated heterocycles. The molecule has 1 rings (SSSR count). The van der Waals surface area contributed by atoms with Crippen molar-refractivity contribution in [2.24, 2.45) is 0 Å². The van der Waals surface area contributed by atoms with Gasteiger partial charge >= 0.3 is 0 Å². The second kappa shape index (κ2) is 3.62. The maximum atomic E-state index is 3.49. The minimum absolute atomic E-state index is 1.16. The molecule has 0 saturated carbocycles. The van der Waals surface area contributed by atoms with Gasteiger partial charge in [0, 0.05) is 10.2 Å². The quantitative estimate of drug-likeness (QED) is 0.683.